The molecule has 0 atom stereocenters. The molecule has 0 saturated carbocycles. The fourth-order valence-corrected chi connectivity index (χ4v) is 0.512. The van der Waals surface area contributed by atoms with Crippen molar-refractivity contribution in [3.63, 3.8) is 0 Å². The van der Waals surface area contributed by atoms with Gasteiger partial charge in [-0.3, -0.25) is 0 Å². The van der Waals surface area contributed by atoms with Gasteiger partial charge in [0.1, 0.15) is 6.26 Å². The molecule has 0 aromatic carbocycles. The summed E-state index contributed by atoms with van der Waals surface area (Å²) in [5.41, 5.74) is 0. The van der Waals surface area contributed by atoms with Crippen LogP contribution in [0.25, 0.3) is 0 Å². The molecule has 1 heterocycles. The van der Waals surface area contributed by atoms with Gasteiger partial charge in [0.15, 0.2) is 0 Å². The molecule has 8 heavy (non-hydrogen) atoms. The molecule has 3 nitrogen and oxygen atoms in total. The second-order valence-corrected chi connectivity index (χ2v) is 1.50. The Balaban J connectivity index is 2.50. The van der Waals surface area contributed by atoms with Crippen molar-refractivity contribution in [2.24, 2.45) is 0 Å². The van der Waals surface area contributed by atoms with Crippen LogP contribution in [0.3, 0.4) is 0 Å². The van der Waals surface area contributed by atoms with Crippen LogP contribution in [-0.4, -0.2) is 4.98 Å². The first-order valence-electron chi connectivity index (χ1n) is 2.15. The summed E-state index contributed by atoms with van der Waals surface area (Å²) in [5.74, 6) is 0.597. The highest BCUT2D eigenvalue weighted by Gasteiger charge is 1.91. The van der Waals surface area contributed by atoms with Crippen molar-refractivity contribution in [3.05, 3.63) is 18.4 Å². The molecule has 1 aromatic rings. The highest BCUT2D eigenvalue weighted by atomic mass is 35.5. The fraction of sp³-hybridized carbons (Fsp3) is 0.250. The van der Waals surface area contributed by atoms with Gasteiger partial charge < -0.3 is 4.42 Å². The van der Waals surface area contributed by atoms with Crippen molar-refractivity contribution in [1.82, 2.24) is 9.82 Å². The van der Waals surface area contributed by atoms with Crippen molar-refractivity contribution >= 4 is 11.8 Å². The van der Waals surface area contributed by atoms with Crippen LogP contribution in [0.4, 0.5) is 0 Å². The Morgan fingerprint density at radius 2 is 2.75 bits per heavy atom. The molecule has 0 fully saturated rings. The maximum atomic E-state index is 5.14. The Morgan fingerprint density at radius 1 is 1.88 bits per heavy atom. The maximum Gasteiger partial charge on any atom is 0.209 e. The third-order valence-electron chi connectivity index (χ3n) is 0.702. The zero-order valence-corrected chi connectivity index (χ0v) is 4.85. The Bertz CT molecular complexity index is 140. The predicted molar refractivity (Wildman–Crippen MR) is 29.2 cm³/mol. The van der Waals surface area contributed by atoms with E-state index in [-0.39, 0.29) is 0 Å². The first-order valence-corrected chi connectivity index (χ1v) is 2.53. The number of oxazole rings is 1. The van der Waals surface area contributed by atoms with E-state index < -0.39 is 0 Å². The Kier molecular flexibility index (Phi) is 1.88. The maximum absolute atomic E-state index is 5.14. The summed E-state index contributed by atoms with van der Waals surface area (Å²) in [5, 5.41) is 0. The molecule has 1 aromatic heterocycles. The fourth-order valence-electron chi connectivity index (χ4n) is 0.397. The summed E-state index contributed by atoms with van der Waals surface area (Å²) in [6.07, 6.45) is 3.08. The molecule has 1 rings (SSSR count). The number of rotatable bonds is 2. The minimum absolute atomic E-state index is 0.467. The second kappa shape index (κ2) is 2.69. The van der Waals surface area contributed by atoms with E-state index in [4.69, 9.17) is 16.2 Å². The quantitative estimate of drug-likeness (QED) is 0.608. The van der Waals surface area contributed by atoms with Gasteiger partial charge in [-0.05, 0) is 11.8 Å². The largest absolute Gasteiger partial charge is 0.448 e. The standard InChI is InChI=1S/C4H5ClN2O/c5-7-3-4-6-1-2-8-4/h1-2,7H,3H2. The Hall–Kier alpha value is -0.540. The Labute approximate surface area is 51.8 Å². The van der Waals surface area contributed by atoms with Crippen molar-refractivity contribution in [3.8, 4) is 0 Å². The zero-order chi connectivity index (χ0) is 5.82. The van der Waals surface area contributed by atoms with Gasteiger partial charge in [0, 0.05) is 0 Å². The Morgan fingerprint density at radius 3 is 3.25 bits per heavy atom. The highest BCUT2D eigenvalue weighted by molar-refractivity contribution is 6.13. The predicted octanol–water partition coefficient (Wildman–Crippen LogP) is 0.918. The summed E-state index contributed by atoms with van der Waals surface area (Å²) in [4.78, 5) is 6.18. The lowest BCUT2D eigenvalue weighted by Gasteiger charge is -1.85. The van der Waals surface area contributed by atoms with E-state index in [1.165, 1.54) is 6.26 Å². The van der Waals surface area contributed by atoms with Crippen LogP contribution in [0, 0.1) is 0 Å². The van der Waals surface area contributed by atoms with Gasteiger partial charge in [0.2, 0.25) is 5.89 Å². The van der Waals surface area contributed by atoms with Crippen LogP contribution in [0.1, 0.15) is 5.89 Å². The van der Waals surface area contributed by atoms with E-state index in [1.54, 1.807) is 6.20 Å². The molecule has 0 amide bonds. The van der Waals surface area contributed by atoms with Crippen LogP contribution in [0.5, 0.6) is 0 Å². The molecule has 0 saturated heterocycles. The van der Waals surface area contributed by atoms with Gasteiger partial charge in [0.25, 0.3) is 0 Å². The molecule has 1 N–H and O–H groups in total. The van der Waals surface area contributed by atoms with Crippen molar-refractivity contribution in [1.29, 1.82) is 0 Å². The van der Waals surface area contributed by atoms with Crippen molar-refractivity contribution in [2.75, 3.05) is 0 Å². The number of nitrogens with one attached hydrogen (secondary N) is 1. The molecule has 0 unspecified atom stereocenters. The average Bonchev–Trinajstić information content (AvgIpc) is 2.19. The second-order valence-electron chi connectivity index (χ2n) is 1.24. The van der Waals surface area contributed by atoms with Crippen molar-refractivity contribution < 1.29 is 4.42 Å². The van der Waals surface area contributed by atoms with Gasteiger partial charge in [-0.1, -0.05) is 0 Å². The third-order valence-corrected chi connectivity index (χ3v) is 0.835. The van der Waals surface area contributed by atoms with E-state index in [1.807, 2.05) is 0 Å². The van der Waals surface area contributed by atoms with Crippen LogP contribution in [-0.2, 0) is 6.54 Å². The molecule has 0 aliphatic heterocycles. The lowest BCUT2D eigenvalue weighted by molar-refractivity contribution is 0.491. The SMILES string of the molecule is ClNCc1ncco1. The third kappa shape index (κ3) is 1.21. The van der Waals surface area contributed by atoms with Crippen LogP contribution in [0.2, 0.25) is 0 Å². The summed E-state index contributed by atoms with van der Waals surface area (Å²) in [6, 6.07) is 0. The number of halogens is 1. The van der Waals surface area contributed by atoms with Crippen molar-refractivity contribution in [2.45, 2.75) is 6.54 Å². The zero-order valence-electron chi connectivity index (χ0n) is 4.10. The molecule has 0 aliphatic rings. The topological polar surface area (TPSA) is 38.1 Å². The molecular formula is C4H5ClN2O. The van der Waals surface area contributed by atoms with Gasteiger partial charge in [0.05, 0.1) is 12.7 Å². The minimum Gasteiger partial charge on any atom is -0.448 e. The van der Waals surface area contributed by atoms with Gasteiger partial charge in [-0.15, -0.1) is 0 Å². The molecule has 0 bridgehead atoms. The van der Waals surface area contributed by atoms with E-state index >= 15 is 0 Å². The van der Waals surface area contributed by atoms with Gasteiger partial charge in [-0.25, -0.2) is 9.82 Å². The monoisotopic (exact) mass is 132 g/mol. The summed E-state index contributed by atoms with van der Waals surface area (Å²) >= 11 is 5.14. The number of hydrogen-bond acceptors (Lipinski definition) is 3. The van der Waals surface area contributed by atoms with E-state index in [9.17, 15) is 0 Å². The van der Waals surface area contributed by atoms with Crippen LogP contribution in [0.15, 0.2) is 16.9 Å². The molecule has 0 radical (unpaired) electrons. The normalized spacial score (nSPS) is 9.62. The lowest BCUT2D eigenvalue weighted by Crippen LogP contribution is -1.97. The van der Waals surface area contributed by atoms with Gasteiger partial charge in [-0.2, -0.15) is 0 Å². The summed E-state index contributed by atoms with van der Waals surface area (Å²) < 4.78 is 4.82. The molecule has 0 spiro atoms. The minimum atomic E-state index is 0.467. The molecular weight excluding hydrogens is 128 g/mol. The van der Waals surface area contributed by atoms with Crippen LogP contribution < -0.4 is 4.84 Å². The lowest BCUT2D eigenvalue weighted by atomic mass is 10.7. The molecule has 0 aliphatic carbocycles. The number of hydrogen-bond donors (Lipinski definition) is 1. The van der Waals surface area contributed by atoms with E-state index in [0.29, 0.717) is 12.4 Å². The summed E-state index contributed by atoms with van der Waals surface area (Å²) in [7, 11) is 0. The van der Waals surface area contributed by atoms with E-state index in [2.05, 4.69) is 9.82 Å². The average molecular weight is 133 g/mol. The smallest absolute Gasteiger partial charge is 0.209 e. The van der Waals surface area contributed by atoms with Gasteiger partial charge >= 0.3 is 0 Å². The number of aromatic nitrogens is 1. The molecule has 44 valence electrons. The van der Waals surface area contributed by atoms with Crippen LogP contribution >= 0.6 is 11.8 Å². The molecule has 4 heteroatoms. The number of nitrogens with zero attached hydrogens (tertiary/aromatic N) is 1. The highest BCUT2D eigenvalue weighted by Crippen LogP contribution is 1.92. The van der Waals surface area contributed by atoms with E-state index in [0.717, 1.165) is 0 Å². The first-order chi connectivity index (χ1) is 3.93. The first kappa shape index (κ1) is 5.59. The summed E-state index contributed by atoms with van der Waals surface area (Å²) in [6.45, 7) is 0.467.